The average molecular weight is 132 g/mol. The standard InChI is InChI=1S/C6H12OS/c1-5-2-3-7-4-6(5)8/h5-6,8H,2-4H2,1H3/t5-,6?/m0/s1. The van der Waals surface area contributed by atoms with E-state index in [1.165, 1.54) is 6.42 Å². The Morgan fingerprint density at radius 1 is 1.62 bits per heavy atom. The molecule has 1 saturated heterocycles. The van der Waals surface area contributed by atoms with Gasteiger partial charge in [0.1, 0.15) is 0 Å². The topological polar surface area (TPSA) is 9.23 Å². The summed E-state index contributed by atoms with van der Waals surface area (Å²) in [5.41, 5.74) is 0. The van der Waals surface area contributed by atoms with Crippen LogP contribution in [0.1, 0.15) is 13.3 Å². The Bertz CT molecular complexity index is 64.9. The summed E-state index contributed by atoms with van der Waals surface area (Å²) in [4.78, 5) is 0. The van der Waals surface area contributed by atoms with Crippen LogP contribution in [-0.2, 0) is 4.74 Å². The summed E-state index contributed by atoms with van der Waals surface area (Å²) in [6, 6.07) is 0. The minimum atomic E-state index is 0.476. The van der Waals surface area contributed by atoms with E-state index in [9.17, 15) is 0 Å². The van der Waals surface area contributed by atoms with Crippen LogP contribution in [-0.4, -0.2) is 18.5 Å². The maximum absolute atomic E-state index is 5.18. The lowest BCUT2D eigenvalue weighted by molar-refractivity contribution is 0.0776. The van der Waals surface area contributed by atoms with E-state index in [0.29, 0.717) is 5.25 Å². The van der Waals surface area contributed by atoms with Crippen LogP contribution in [0.3, 0.4) is 0 Å². The second-order valence-corrected chi connectivity index (χ2v) is 3.07. The zero-order valence-corrected chi connectivity index (χ0v) is 6.03. The van der Waals surface area contributed by atoms with Gasteiger partial charge in [-0.2, -0.15) is 12.6 Å². The third kappa shape index (κ3) is 1.39. The Kier molecular flexibility index (Phi) is 2.20. The van der Waals surface area contributed by atoms with Gasteiger partial charge in [-0.15, -0.1) is 0 Å². The van der Waals surface area contributed by atoms with Crippen molar-refractivity contribution in [3.8, 4) is 0 Å². The Hall–Kier alpha value is 0.310. The molecule has 1 aliphatic heterocycles. The van der Waals surface area contributed by atoms with Crippen LogP contribution in [0.5, 0.6) is 0 Å². The number of hydrogen-bond acceptors (Lipinski definition) is 2. The van der Waals surface area contributed by atoms with Crippen LogP contribution >= 0.6 is 12.6 Å². The molecule has 0 aromatic rings. The summed E-state index contributed by atoms with van der Waals surface area (Å²) in [7, 11) is 0. The van der Waals surface area contributed by atoms with Crippen molar-refractivity contribution in [3.63, 3.8) is 0 Å². The highest BCUT2D eigenvalue weighted by Gasteiger charge is 2.17. The van der Waals surface area contributed by atoms with Gasteiger partial charge in [-0.1, -0.05) is 6.92 Å². The SMILES string of the molecule is C[C@H]1CCOCC1S. The molecule has 1 fully saturated rings. The average Bonchev–Trinajstić information content (AvgIpc) is 1.77. The predicted molar refractivity (Wildman–Crippen MR) is 37.4 cm³/mol. The lowest BCUT2D eigenvalue weighted by Gasteiger charge is -2.24. The van der Waals surface area contributed by atoms with E-state index in [1.54, 1.807) is 0 Å². The lowest BCUT2D eigenvalue weighted by Crippen LogP contribution is -2.25. The van der Waals surface area contributed by atoms with Crippen LogP contribution in [0.4, 0.5) is 0 Å². The molecule has 48 valence electrons. The molecule has 0 bridgehead atoms. The molecular formula is C6H12OS. The first-order valence-electron chi connectivity index (χ1n) is 3.06. The summed E-state index contributed by atoms with van der Waals surface area (Å²) < 4.78 is 5.18. The number of hydrogen-bond donors (Lipinski definition) is 1. The fourth-order valence-electron chi connectivity index (χ4n) is 0.830. The fourth-order valence-corrected chi connectivity index (χ4v) is 1.08. The van der Waals surface area contributed by atoms with Gasteiger partial charge >= 0.3 is 0 Å². The van der Waals surface area contributed by atoms with E-state index in [0.717, 1.165) is 19.1 Å². The van der Waals surface area contributed by atoms with E-state index >= 15 is 0 Å². The molecule has 0 N–H and O–H groups in total. The number of rotatable bonds is 0. The summed E-state index contributed by atoms with van der Waals surface area (Å²) in [6.07, 6.45) is 1.17. The first-order chi connectivity index (χ1) is 3.80. The normalized spacial score (nSPS) is 39.8. The smallest absolute Gasteiger partial charge is 0.0585 e. The Morgan fingerprint density at radius 2 is 2.38 bits per heavy atom. The molecule has 0 aromatic heterocycles. The highest BCUT2D eigenvalue weighted by atomic mass is 32.1. The molecule has 1 rings (SSSR count). The van der Waals surface area contributed by atoms with Crippen LogP contribution in [0, 0.1) is 5.92 Å². The molecule has 0 aromatic carbocycles. The van der Waals surface area contributed by atoms with Crippen molar-refractivity contribution in [1.29, 1.82) is 0 Å². The van der Waals surface area contributed by atoms with Gasteiger partial charge < -0.3 is 4.74 Å². The largest absolute Gasteiger partial charge is 0.380 e. The van der Waals surface area contributed by atoms with Gasteiger partial charge in [-0.05, 0) is 12.3 Å². The predicted octanol–water partition coefficient (Wildman–Crippen LogP) is 1.34. The van der Waals surface area contributed by atoms with Gasteiger partial charge in [0.05, 0.1) is 6.61 Å². The van der Waals surface area contributed by atoms with E-state index in [2.05, 4.69) is 19.6 Å². The highest BCUT2D eigenvalue weighted by molar-refractivity contribution is 7.81. The van der Waals surface area contributed by atoms with Gasteiger partial charge in [0, 0.05) is 11.9 Å². The molecule has 1 aliphatic rings. The molecule has 0 radical (unpaired) electrons. The second-order valence-electron chi connectivity index (χ2n) is 2.41. The van der Waals surface area contributed by atoms with Crippen molar-refractivity contribution < 1.29 is 4.74 Å². The first-order valence-corrected chi connectivity index (χ1v) is 3.58. The molecule has 1 heterocycles. The highest BCUT2D eigenvalue weighted by Crippen LogP contribution is 2.18. The maximum Gasteiger partial charge on any atom is 0.0585 e. The third-order valence-corrected chi connectivity index (χ3v) is 2.32. The maximum atomic E-state index is 5.18. The first kappa shape index (κ1) is 6.43. The van der Waals surface area contributed by atoms with Crippen molar-refractivity contribution >= 4 is 12.6 Å². The van der Waals surface area contributed by atoms with Gasteiger partial charge in [-0.3, -0.25) is 0 Å². The van der Waals surface area contributed by atoms with E-state index in [4.69, 9.17) is 4.74 Å². The molecule has 0 saturated carbocycles. The molecule has 0 aliphatic carbocycles. The van der Waals surface area contributed by atoms with Gasteiger partial charge in [0.15, 0.2) is 0 Å². The zero-order valence-electron chi connectivity index (χ0n) is 5.13. The zero-order chi connectivity index (χ0) is 5.98. The van der Waals surface area contributed by atoms with Crippen LogP contribution in [0.15, 0.2) is 0 Å². The number of thiol groups is 1. The van der Waals surface area contributed by atoms with Crippen LogP contribution in [0.25, 0.3) is 0 Å². The minimum Gasteiger partial charge on any atom is -0.380 e. The van der Waals surface area contributed by atoms with Crippen molar-refractivity contribution in [1.82, 2.24) is 0 Å². The molecule has 1 nitrogen and oxygen atoms in total. The van der Waals surface area contributed by atoms with Crippen molar-refractivity contribution in [2.75, 3.05) is 13.2 Å². The van der Waals surface area contributed by atoms with Gasteiger partial charge in [-0.25, -0.2) is 0 Å². The van der Waals surface area contributed by atoms with Crippen LogP contribution in [0.2, 0.25) is 0 Å². The van der Waals surface area contributed by atoms with Crippen molar-refractivity contribution in [3.05, 3.63) is 0 Å². The van der Waals surface area contributed by atoms with Crippen molar-refractivity contribution in [2.45, 2.75) is 18.6 Å². The Labute approximate surface area is 55.8 Å². The third-order valence-electron chi connectivity index (χ3n) is 1.66. The minimum absolute atomic E-state index is 0.476. The van der Waals surface area contributed by atoms with Gasteiger partial charge in [0.25, 0.3) is 0 Å². The molecule has 1 unspecified atom stereocenters. The fraction of sp³-hybridized carbons (Fsp3) is 1.00. The summed E-state index contributed by atoms with van der Waals surface area (Å²) in [5, 5.41) is 0.476. The Morgan fingerprint density at radius 3 is 2.75 bits per heavy atom. The quantitative estimate of drug-likeness (QED) is 0.489. The molecular weight excluding hydrogens is 120 g/mol. The monoisotopic (exact) mass is 132 g/mol. The summed E-state index contributed by atoms with van der Waals surface area (Å²) >= 11 is 4.33. The summed E-state index contributed by atoms with van der Waals surface area (Å²) in [5.74, 6) is 0.743. The van der Waals surface area contributed by atoms with Gasteiger partial charge in [0.2, 0.25) is 0 Å². The molecule has 2 heteroatoms. The van der Waals surface area contributed by atoms with E-state index in [-0.39, 0.29) is 0 Å². The van der Waals surface area contributed by atoms with E-state index in [1.807, 2.05) is 0 Å². The van der Waals surface area contributed by atoms with Crippen molar-refractivity contribution in [2.24, 2.45) is 5.92 Å². The van der Waals surface area contributed by atoms with E-state index < -0.39 is 0 Å². The summed E-state index contributed by atoms with van der Waals surface area (Å²) in [6.45, 7) is 3.99. The Balaban J connectivity index is 2.28. The molecule has 2 atom stereocenters. The lowest BCUT2D eigenvalue weighted by atomic mass is 10.0. The number of ether oxygens (including phenoxy) is 1. The molecule has 8 heavy (non-hydrogen) atoms. The molecule has 0 spiro atoms. The molecule has 0 amide bonds. The second kappa shape index (κ2) is 2.74. The van der Waals surface area contributed by atoms with Crippen LogP contribution < -0.4 is 0 Å².